The molecule has 2 N–H and O–H groups in total. The van der Waals surface area contributed by atoms with Crippen LogP contribution in [0.2, 0.25) is 5.02 Å². The number of benzene rings is 1. The molecule has 0 aromatic heterocycles. The maximum atomic E-state index is 13.2. The van der Waals surface area contributed by atoms with E-state index in [1.54, 1.807) is 0 Å². The molecule has 1 aliphatic heterocycles. The molecule has 2 amide bonds. The minimum Gasteiger partial charge on any atom is -0.465 e. The van der Waals surface area contributed by atoms with Crippen LogP contribution in [0, 0.1) is 17.1 Å². The molecule has 2 fully saturated rings. The number of likely N-dealkylation sites (tertiary alicyclic amines) is 1. The molecule has 1 saturated carbocycles. The lowest BCUT2D eigenvalue weighted by atomic mass is 10.2. The lowest BCUT2D eigenvalue weighted by Crippen LogP contribution is -2.49. The number of nitriles is 1. The monoisotopic (exact) mass is 415 g/mol. The summed E-state index contributed by atoms with van der Waals surface area (Å²) in [6.45, 7) is -0.428. The molecule has 0 radical (unpaired) electrons. The van der Waals surface area contributed by atoms with Gasteiger partial charge in [-0.05, 0) is 37.5 Å². The van der Waals surface area contributed by atoms with Gasteiger partial charge in [0, 0.05) is 6.54 Å². The Balaban J connectivity index is 1.86. The van der Waals surface area contributed by atoms with E-state index in [0.29, 0.717) is 12.8 Å². The van der Waals surface area contributed by atoms with Crippen LogP contribution in [-0.4, -0.2) is 53.8 Å². The molecule has 0 spiro atoms. The smallest absolute Gasteiger partial charge is 0.408 e. The highest BCUT2D eigenvalue weighted by Crippen LogP contribution is 2.36. The highest BCUT2D eigenvalue weighted by molar-refractivity contribution is 7.92. The number of carbonyl (C=O) groups is 2. The van der Waals surface area contributed by atoms with Crippen LogP contribution in [0.1, 0.15) is 19.3 Å². The van der Waals surface area contributed by atoms with Crippen molar-refractivity contribution < 1.29 is 27.5 Å². The fraction of sp³-hybridized carbons (Fsp3) is 0.438. The van der Waals surface area contributed by atoms with E-state index in [4.69, 9.17) is 16.9 Å². The van der Waals surface area contributed by atoms with Crippen molar-refractivity contribution in [3.8, 4) is 6.07 Å². The molecule has 8 nitrogen and oxygen atoms in total. The van der Waals surface area contributed by atoms with Gasteiger partial charge in [-0.1, -0.05) is 11.6 Å². The first-order chi connectivity index (χ1) is 12.6. The van der Waals surface area contributed by atoms with Crippen LogP contribution >= 0.6 is 11.6 Å². The SMILES string of the molecule is N#CC1(NC(=O)[C@@H]2C[C@@H](S(=O)(=O)c3ccc(F)cc3Cl)CN2C(=O)O)CC1. The molecule has 27 heavy (non-hydrogen) atoms. The quantitative estimate of drug-likeness (QED) is 0.718. The van der Waals surface area contributed by atoms with Gasteiger partial charge in [0.2, 0.25) is 5.91 Å². The second kappa shape index (κ2) is 6.65. The Kier molecular flexibility index (Phi) is 4.78. The fourth-order valence-corrected chi connectivity index (χ4v) is 5.31. The Morgan fingerprint density at radius 3 is 2.59 bits per heavy atom. The molecule has 144 valence electrons. The van der Waals surface area contributed by atoms with Crippen molar-refractivity contribution in [2.75, 3.05) is 6.54 Å². The molecule has 2 atom stereocenters. The standard InChI is InChI=1S/C16H15ClFN3O5S/c17-11-5-9(18)1-2-13(11)27(25,26)10-6-12(21(7-10)15(23)24)14(22)20-16(8-19)3-4-16/h1-2,5,10,12H,3-4,6-7H2,(H,20,22)(H,23,24)/t10-,12+/m1/s1. The fourth-order valence-electron chi connectivity index (χ4n) is 3.08. The molecule has 2 aliphatic rings. The number of halogens is 2. The third kappa shape index (κ3) is 3.57. The van der Waals surface area contributed by atoms with E-state index < -0.39 is 51.0 Å². The molecule has 1 aromatic carbocycles. The zero-order chi connectivity index (χ0) is 20.0. The summed E-state index contributed by atoms with van der Waals surface area (Å²) in [5.74, 6) is -1.42. The number of hydrogen-bond acceptors (Lipinski definition) is 5. The van der Waals surface area contributed by atoms with E-state index in [-0.39, 0.29) is 16.3 Å². The molecule has 1 aliphatic carbocycles. The van der Waals surface area contributed by atoms with Gasteiger partial charge in [0.1, 0.15) is 17.4 Å². The number of nitrogens with one attached hydrogen (secondary N) is 1. The van der Waals surface area contributed by atoms with Crippen LogP contribution in [-0.2, 0) is 14.6 Å². The molecular weight excluding hydrogens is 401 g/mol. The second-order valence-corrected chi connectivity index (χ2v) is 9.22. The molecule has 0 unspecified atom stereocenters. The van der Waals surface area contributed by atoms with Gasteiger partial charge in [0.05, 0.1) is 21.2 Å². The van der Waals surface area contributed by atoms with E-state index in [9.17, 15) is 27.5 Å². The van der Waals surface area contributed by atoms with Gasteiger partial charge in [-0.25, -0.2) is 17.6 Å². The van der Waals surface area contributed by atoms with Crippen LogP contribution in [0.15, 0.2) is 23.1 Å². The first kappa shape index (κ1) is 19.4. The maximum absolute atomic E-state index is 13.2. The van der Waals surface area contributed by atoms with Gasteiger partial charge in [-0.2, -0.15) is 5.26 Å². The van der Waals surface area contributed by atoms with Gasteiger partial charge >= 0.3 is 6.09 Å². The molecular formula is C16H15ClFN3O5S. The lowest BCUT2D eigenvalue weighted by molar-refractivity contribution is -0.125. The first-order valence-corrected chi connectivity index (χ1v) is 9.94. The third-order valence-corrected chi connectivity index (χ3v) is 7.39. The van der Waals surface area contributed by atoms with Gasteiger partial charge < -0.3 is 10.4 Å². The van der Waals surface area contributed by atoms with Crippen LogP contribution in [0.4, 0.5) is 9.18 Å². The average Bonchev–Trinajstić information content (AvgIpc) is 3.19. The summed E-state index contributed by atoms with van der Waals surface area (Å²) < 4.78 is 38.9. The Morgan fingerprint density at radius 1 is 1.41 bits per heavy atom. The van der Waals surface area contributed by atoms with Crippen LogP contribution < -0.4 is 5.32 Å². The minimum atomic E-state index is -4.10. The zero-order valence-corrected chi connectivity index (χ0v) is 15.4. The summed E-state index contributed by atoms with van der Waals surface area (Å²) >= 11 is 5.84. The van der Waals surface area contributed by atoms with E-state index in [1.807, 2.05) is 6.07 Å². The highest BCUT2D eigenvalue weighted by Gasteiger charge is 2.50. The number of rotatable bonds is 4. The summed E-state index contributed by atoms with van der Waals surface area (Å²) in [5.41, 5.74) is -1.00. The largest absolute Gasteiger partial charge is 0.465 e. The van der Waals surface area contributed by atoms with E-state index in [2.05, 4.69) is 5.32 Å². The normalized spacial score (nSPS) is 23.5. The Morgan fingerprint density at radius 2 is 2.07 bits per heavy atom. The molecule has 1 heterocycles. The second-order valence-electron chi connectivity index (χ2n) is 6.61. The average molecular weight is 416 g/mol. The van der Waals surface area contributed by atoms with Gasteiger partial charge in [-0.15, -0.1) is 0 Å². The minimum absolute atomic E-state index is 0.282. The number of nitrogens with zero attached hydrogens (tertiary/aromatic N) is 2. The first-order valence-electron chi connectivity index (χ1n) is 8.01. The zero-order valence-electron chi connectivity index (χ0n) is 13.9. The van der Waals surface area contributed by atoms with Crippen LogP contribution in [0.25, 0.3) is 0 Å². The van der Waals surface area contributed by atoms with E-state index >= 15 is 0 Å². The summed E-state index contributed by atoms with van der Waals surface area (Å²) in [6, 6.07) is 3.53. The Labute approximate surface area is 159 Å². The van der Waals surface area contributed by atoms with Gasteiger partial charge in [0.15, 0.2) is 9.84 Å². The number of amides is 2. The molecule has 3 rings (SSSR count). The topological polar surface area (TPSA) is 128 Å². The van der Waals surface area contributed by atoms with Crippen molar-refractivity contribution in [3.63, 3.8) is 0 Å². The molecule has 11 heteroatoms. The summed E-state index contributed by atoms with van der Waals surface area (Å²) in [6.07, 6.45) is -0.806. The molecule has 0 bridgehead atoms. The maximum Gasteiger partial charge on any atom is 0.408 e. The van der Waals surface area contributed by atoms with Crippen molar-refractivity contribution in [2.24, 2.45) is 0 Å². The van der Waals surface area contributed by atoms with Gasteiger partial charge in [-0.3, -0.25) is 9.69 Å². The van der Waals surface area contributed by atoms with Crippen molar-refractivity contribution in [1.82, 2.24) is 10.2 Å². The molecule has 1 aromatic rings. The summed E-state index contributed by atoms with van der Waals surface area (Å²) in [7, 11) is -4.10. The third-order valence-electron chi connectivity index (χ3n) is 4.78. The number of carboxylic acid groups (broad SMARTS) is 1. The van der Waals surface area contributed by atoms with Crippen molar-refractivity contribution in [3.05, 3.63) is 29.0 Å². The number of carbonyl (C=O) groups excluding carboxylic acids is 1. The number of sulfone groups is 1. The van der Waals surface area contributed by atoms with Crippen molar-refractivity contribution >= 4 is 33.4 Å². The van der Waals surface area contributed by atoms with E-state index in [1.165, 1.54) is 0 Å². The van der Waals surface area contributed by atoms with Crippen LogP contribution in [0.3, 0.4) is 0 Å². The lowest BCUT2D eigenvalue weighted by Gasteiger charge is -2.21. The summed E-state index contributed by atoms with van der Waals surface area (Å²) in [5, 5.41) is 19.4. The summed E-state index contributed by atoms with van der Waals surface area (Å²) in [4.78, 5) is 24.4. The molecule has 1 saturated heterocycles. The van der Waals surface area contributed by atoms with Crippen LogP contribution in [0.5, 0.6) is 0 Å². The highest BCUT2D eigenvalue weighted by atomic mass is 35.5. The predicted molar refractivity (Wildman–Crippen MR) is 91.2 cm³/mol. The predicted octanol–water partition coefficient (Wildman–Crippen LogP) is 1.55. The van der Waals surface area contributed by atoms with Crippen molar-refractivity contribution in [1.29, 1.82) is 5.26 Å². The Hall–Kier alpha value is -2.38. The number of hydrogen-bond donors (Lipinski definition) is 2. The Bertz CT molecular complexity index is 957. The van der Waals surface area contributed by atoms with E-state index in [0.717, 1.165) is 23.1 Å². The van der Waals surface area contributed by atoms with Crippen molar-refractivity contribution in [2.45, 2.75) is 41.0 Å². The van der Waals surface area contributed by atoms with Gasteiger partial charge in [0.25, 0.3) is 0 Å².